The predicted molar refractivity (Wildman–Crippen MR) is 77.8 cm³/mol. The Balaban J connectivity index is 5.06. The van der Waals surface area contributed by atoms with Crippen LogP contribution in [0.3, 0.4) is 0 Å². The van der Waals surface area contributed by atoms with Crippen LogP contribution in [0.25, 0.3) is 0 Å². The molecule has 0 saturated carbocycles. The van der Waals surface area contributed by atoms with Gasteiger partial charge < -0.3 is 16.0 Å². The summed E-state index contributed by atoms with van der Waals surface area (Å²) in [7, 11) is 3.33. The molecule has 0 heterocycles. The van der Waals surface area contributed by atoms with E-state index in [9.17, 15) is 9.59 Å². The van der Waals surface area contributed by atoms with Crippen molar-refractivity contribution in [2.45, 2.75) is 53.6 Å². The number of hydrogen-bond acceptors (Lipinski definition) is 3. The van der Waals surface area contributed by atoms with Crippen LogP contribution < -0.4 is 16.0 Å². The highest BCUT2D eigenvalue weighted by Crippen LogP contribution is 2.22. The molecule has 2 amide bonds. The molecule has 0 spiro atoms. The number of carbonyl (C=O) groups is 2. The van der Waals surface area contributed by atoms with Crippen molar-refractivity contribution >= 4 is 11.8 Å². The number of hydrogen-bond donors (Lipinski definition) is 3. The molecule has 0 radical (unpaired) electrons. The Kier molecular flexibility index (Phi) is 6.00. The fraction of sp³-hybridized carbons (Fsp3) is 0.857. The molecule has 5 heteroatoms. The van der Waals surface area contributed by atoms with Gasteiger partial charge in [0.25, 0.3) is 0 Å². The van der Waals surface area contributed by atoms with Gasteiger partial charge in [0.05, 0.1) is 6.04 Å². The molecule has 0 aromatic carbocycles. The summed E-state index contributed by atoms with van der Waals surface area (Å²) >= 11 is 0. The quantitative estimate of drug-likeness (QED) is 0.711. The first-order chi connectivity index (χ1) is 8.45. The van der Waals surface area contributed by atoms with Crippen molar-refractivity contribution < 1.29 is 9.59 Å². The van der Waals surface area contributed by atoms with Crippen LogP contribution in [-0.4, -0.2) is 38.0 Å². The predicted octanol–water partition coefficient (Wildman–Crippen LogP) is 0.897. The van der Waals surface area contributed by atoms with Crippen LogP contribution in [-0.2, 0) is 9.59 Å². The van der Waals surface area contributed by atoms with Crippen LogP contribution in [0.2, 0.25) is 0 Å². The lowest BCUT2D eigenvalue weighted by atomic mass is 9.83. The minimum atomic E-state index is -0.553. The molecular weight excluding hydrogens is 242 g/mol. The second kappa shape index (κ2) is 6.37. The molecule has 0 rings (SSSR count). The van der Waals surface area contributed by atoms with Crippen LogP contribution >= 0.6 is 0 Å². The fourth-order valence-corrected chi connectivity index (χ4v) is 2.00. The highest BCUT2D eigenvalue weighted by atomic mass is 16.2. The van der Waals surface area contributed by atoms with E-state index in [4.69, 9.17) is 0 Å². The molecule has 0 aliphatic heterocycles. The maximum atomic E-state index is 12.3. The van der Waals surface area contributed by atoms with Gasteiger partial charge >= 0.3 is 0 Å². The summed E-state index contributed by atoms with van der Waals surface area (Å²) in [6.45, 7) is 11.7. The van der Waals surface area contributed by atoms with Gasteiger partial charge in [-0.05, 0) is 17.9 Å². The molecule has 3 N–H and O–H groups in total. The third kappa shape index (κ3) is 5.19. The zero-order chi connectivity index (χ0) is 15.4. The van der Waals surface area contributed by atoms with Crippen LogP contribution in [0.5, 0.6) is 0 Å². The Bertz CT molecular complexity index is 327. The lowest BCUT2D eigenvalue weighted by Crippen LogP contribution is -2.59. The lowest BCUT2D eigenvalue weighted by molar-refractivity contribution is -0.133. The monoisotopic (exact) mass is 271 g/mol. The first-order valence-corrected chi connectivity index (χ1v) is 6.64. The lowest BCUT2D eigenvalue weighted by Gasteiger charge is -2.34. The van der Waals surface area contributed by atoms with E-state index in [1.54, 1.807) is 14.1 Å². The van der Waals surface area contributed by atoms with E-state index in [0.717, 1.165) is 0 Å². The summed E-state index contributed by atoms with van der Waals surface area (Å²) in [6, 6.07) is -0.898. The Morgan fingerprint density at radius 3 is 1.47 bits per heavy atom. The van der Waals surface area contributed by atoms with E-state index < -0.39 is 6.04 Å². The topological polar surface area (TPSA) is 70.2 Å². The van der Waals surface area contributed by atoms with Gasteiger partial charge in [-0.25, -0.2) is 0 Å². The zero-order valence-corrected chi connectivity index (χ0v) is 13.5. The second-order valence-corrected chi connectivity index (χ2v) is 7.01. The summed E-state index contributed by atoms with van der Waals surface area (Å²) in [6.07, 6.45) is 0. The van der Waals surface area contributed by atoms with E-state index in [1.807, 2.05) is 41.5 Å². The number of nitrogens with one attached hydrogen (secondary N) is 3. The van der Waals surface area contributed by atoms with Gasteiger partial charge in [-0.2, -0.15) is 0 Å². The summed E-state index contributed by atoms with van der Waals surface area (Å²) in [4.78, 5) is 24.3. The number of amides is 2. The van der Waals surface area contributed by atoms with Gasteiger partial charge in [0.15, 0.2) is 0 Å². The second-order valence-electron chi connectivity index (χ2n) is 7.01. The highest BCUT2D eigenvalue weighted by molar-refractivity contribution is 5.90. The summed E-state index contributed by atoms with van der Waals surface area (Å²) < 4.78 is 0. The van der Waals surface area contributed by atoms with Crippen molar-refractivity contribution in [3.05, 3.63) is 0 Å². The average Bonchev–Trinajstić information content (AvgIpc) is 2.22. The Labute approximate surface area is 116 Å². The van der Waals surface area contributed by atoms with Crippen molar-refractivity contribution in [3.8, 4) is 0 Å². The summed E-state index contributed by atoms with van der Waals surface area (Å²) in [5, 5.41) is 8.46. The smallest absolute Gasteiger partial charge is 0.242 e. The van der Waals surface area contributed by atoms with Gasteiger partial charge in [0.1, 0.15) is 6.04 Å². The first-order valence-electron chi connectivity index (χ1n) is 6.64. The van der Waals surface area contributed by atoms with Crippen LogP contribution in [0.15, 0.2) is 0 Å². The molecule has 0 aromatic rings. The van der Waals surface area contributed by atoms with Gasteiger partial charge in [0, 0.05) is 7.05 Å². The SMILES string of the molecule is CNC(=O)C(NC(=O)[C@H](NC)C(C)(C)C)C(C)(C)C. The maximum Gasteiger partial charge on any atom is 0.242 e. The van der Waals surface area contributed by atoms with E-state index in [-0.39, 0.29) is 28.7 Å². The van der Waals surface area contributed by atoms with E-state index in [0.29, 0.717) is 0 Å². The third-order valence-corrected chi connectivity index (χ3v) is 3.08. The van der Waals surface area contributed by atoms with Gasteiger partial charge in [-0.15, -0.1) is 0 Å². The van der Waals surface area contributed by atoms with Crippen molar-refractivity contribution in [1.82, 2.24) is 16.0 Å². The minimum absolute atomic E-state index is 0.154. The minimum Gasteiger partial charge on any atom is -0.357 e. The summed E-state index contributed by atoms with van der Waals surface area (Å²) in [5.41, 5.74) is -0.560. The van der Waals surface area contributed by atoms with Crippen LogP contribution in [0.4, 0.5) is 0 Å². The van der Waals surface area contributed by atoms with E-state index in [1.165, 1.54) is 0 Å². The van der Waals surface area contributed by atoms with Crippen LogP contribution in [0, 0.1) is 10.8 Å². The molecular formula is C14H29N3O2. The molecule has 19 heavy (non-hydrogen) atoms. The normalized spacial score (nSPS) is 15.6. The molecule has 0 aliphatic rings. The van der Waals surface area contributed by atoms with Gasteiger partial charge in [-0.1, -0.05) is 41.5 Å². The molecule has 1 unspecified atom stereocenters. The number of carbonyl (C=O) groups excluding carboxylic acids is 2. The molecule has 0 aromatic heterocycles. The van der Waals surface area contributed by atoms with E-state index >= 15 is 0 Å². The zero-order valence-electron chi connectivity index (χ0n) is 13.5. The van der Waals surface area contributed by atoms with Crippen molar-refractivity contribution in [3.63, 3.8) is 0 Å². The molecule has 5 nitrogen and oxygen atoms in total. The molecule has 2 atom stereocenters. The third-order valence-electron chi connectivity index (χ3n) is 3.08. The Morgan fingerprint density at radius 1 is 0.789 bits per heavy atom. The van der Waals surface area contributed by atoms with Gasteiger partial charge in [-0.3, -0.25) is 9.59 Å². The van der Waals surface area contributed by atoms with Crippen molar-refractivity contribution in [2.75, 3.05) is 14.1 Å². The standard InChI is InChI=1S/C14H29N3O2/c1-13(2,3)9(15-7)12(19)17-10(11(18)16-8)14(4,5)6/h9-10,15H,1-8H3,(H,16,18)(H,17,19)/t9-,10?/m0/s1. The Hall–Kier alpha value is -1.10. The number of likely N-dealkylation sites (N-methyl/N-ethyl adjacent to an activating group) is 2. The average molecular weight is 271 g/mol. The maximum absolute atomic E-state index is 12.3. The largest absolute Gasteiger partial charge is 0.357 e. The molecule has 0 saturated heterocycles. The molecule has 0 aliphatic carbocycles. The highest BCUT2D eigenvalue weighted by Gasteiger charge is 2.36. The van der Waals surface area contributed by atoms with Crippen molar-refractivity contribution in [2.24, 2.45) is 10.8 Å². The van der Waals surface area contributed by atoms with Gasteiger partial charge in [0.2, 0.25) is 11.8 Å². The first kappa shape index (κ1) is 17.9. The van der Waals surface area contributed by atoms with E-state index in [2.05, 4.69) is 16.0 Å². The molecule has 0 fully saturated rings. The summed E-state index contributed by atoms with van der Waals surface area (Å²) in [5.74, 6) is -0.330. The molecule has 0 bridgehead atoms. The fourth-order valence-electron chi connectivity index (χ4n) is 2.00. The van der Waals surface area contributed by atoms with Crippen molar-refractivity contribution in [1.29, 1.82) is 0 Å². The number of rotatable bonds is 4. The Morgan fingerprint density at radius 2 is 1.21 bits per heavy atom. The van der Waals surface area contributed by atoms with Crippen LogP contribution in [0.1, 0.15) is 41.5 Å². The molecule has 112 valence electrons.